The number of carboxylic acid groups (broad SMARTS) is 1. The van der Waals surface area contributed by atoms with E-state index in [0.29, 0.717) is 22.0 Å². The molecule has 0 amide bonds. The number of benzene rings is 1. The van der Waals surface area contributed by atoms with Crippen LogP contribution in [0.2, 0.25) is 0 Å². The van der Waals surface area contributed by atoms with Crippen LogP contribution in [0.1, 0.15) is 44.4 Å². The van der Waals surface area contributed by atoms with E-state index in [0.717, 1.165) is 4.68 Å². The molecule has 0 radical (unpaired) electrons. The second-order valence-corrected chi connectivity index (χ2v) is 6.87. The Hall–Kier alpha value is -2.31. The number of nitrogens with zero attached hydrogens (tertiary/aromatic N) is 2. The van der Waals surface area contributed by atoms with Crippen LogP contribution in [0.15, 0.2) is 23.0 Å². The van der Waals surface area contributed by atoms with Gasteiger partial charge in [0.05, 0.1) is 16.5 Å². The number of halogens is 2. The molecule has 0 bridgehead atoms. The number of aromatic nitrogens is 2. The van der Waals surface area contributed by atoms with Gasteiger partial charge in [0.25, 0.3) is 11.5 Å². The molecule has 0 unspecified atom stereocenters. The molecule has 7 heteroatoms. The number of aliphatic carboxylic acids is 1. The third-order valence-corrected chi connectivity index (χ3v) is 4.72. The molecule has 1 heterocycles. The highest BCUT2D eigenvalue weighted by atomic mass is 19.3. The van der Waals surface area contributed by atoms with Gasteiger partial charge in [-0.15, -0.1) is 0 Å². The Balaban J connectivity index is 2.25. The molecule has 1 aliphatic rings. The predicted molar refractivity (Wildman–Crippen MR) is 84.6 cm³/mol. The van der Waals surface area contributed by atoms with Gasteiger partial charge in [0, 0.05) is 11.8 Å². The summed E-state index contributed by atoms with van der Waals surface area (Å²) in [6, 6.07) is 4.63. The second kappa shape index (κ2) is 5.09. The highest BCUT2D eigenvalue weighted by Crippen LogP contribution is 2.61. The summed E-state index contributed by atoms with van der Waals surface area (Å²) in [6.45, 7) is 4.68. The van der Waals surface area contributed by atoms with Crippen molar-refractivity contribution in [2.24, 2.45) is 0 Å². The summed E-state index contributed by atoms with van der Waals surface area (Å²) in [4.78, 5) is 23.4. The third-order valence-electron chi connectivity index (χ3n) is 4.72. The molecule has 1 saturated carbocycles. The number of carbonyl (C=O) groups is 1. The normalized spacial score (nSPS) is 22.1. The SMILES string of the molecule is CC(C)c1nn(CC(=O)O)c(=O)c2ccc([C@]3(C)CC3(F)F)cc12. The zero-order valence-electron chi connectivity index (χ0n) is 13.6. The predicted octanol–water partition coefficient (Wildman–Crippen LogP) is 2.90. The molecule has 0 saturated heterocycles. The maximum atomic E-state index is 13.7. The minimum absolute atomic E-state index is 0.0871. The first-order chi connectivity index (χ1) is 11.1. The topological polar surface area (TPSA) is 72.2 Å². The van der Waals surface area contributed by atoms with E-state index in [9.17, 15) is 18.4 Å². The number of hydrogen-bond acceptors (Lipinski definition) is 3. The molecule has 1 aromatic heterocycles. The van der Waals surface area contributed by atoms with E-state index in [1.54, 1.807) is 6.07 Å². The van der Waals surface area contributed by atoms with Gasteiger partial charge < -0.3 is 5.11 Å². The van der Waals surface area contributed by atoms with E-state index in [1.165, 1.54) is 19.1 Å². The molecule has 1 aliphatic carbocycles. The molecule has 1 atom stereocenters. The van der Waals surface area contributed by atoms with Gasteiger partial charge in [-0.25, -0.2) is 13.5 Å². The van der Waals surface area contributed by atoms with Crippen molar-refractivity contribution in [3.05, 3.63) is 39.8 Å². The van der Waals surface area contributed by atoms with Crippen molar-refractivity contribution in [2.75, 3.05) is 0 Å². The van der Waals surface area contributed by atoms with Crippen LogP contribution in [0.5, 0.6) is 0 Å². The van der Waals surface area contributed by atoms with Crippen LogP contribution < -0.4 is 5.56 Å². The largest absolute Gasteiger partial charge is 0.480 e. The van der Waals surface area contributed by atoms with E-state index in [4.69, 9.17) is 5.11 Å². The highest BCUT2D eigenvalue weighted by Gasteiger charge is 2.68. The van der Waals surface area contributed by atoms with Gasteiger partial charge in [-0.1, -0.05) is 19.9 Å². The molecule has 3 rings (SSSR count). The monoisotopic (exact) mass is 336 g/mol. The van der Waals surface area contributed by atoms with Crippen LogP contribution >= 0.6 is 0 Å². The van der Waals surface area contributed by atoms with E-state index in [1.807, 2.05) is 13.8 Å². The molecule has 1 aromatic carbocycles. The number of fused-ring (bicyclic) bond motifs is 1. The Kier molecular flexibility index (Phi) is 3.51. The molecule has 0 aliphatic heterocycles. The zero-order valence-corrected chi connectivity index (χ0v) is 13.6. The Morgan fingerprint density at radius 2 is 2.00 bits per heavy atom. The minimum atomic E-state index is -2.75. The first-order valence-corrected chi connectivity index (χ1v) is 7.72. The summed E-state index contributed by atoms with van der Waals surface area (Å²) in [6.07, 6.45) is -0.216. The smallest absolute Gasteiger partial charge is 0.325 e. The first-order valence-electron chi connectivity index (χ1n) is 7.72. The zero-order chi connectivity index (χ0) is 17.9. The average molecular weight is 336 g/mol. The Labute approximate surface area is 136 Å². The van der Waals surface area contributed by atoms with Crippen molar-refractivity contribution >= 4 is 16.7 Å². The standard InChI is InChI=1S/C17H18F2N2O3/c1-9(2)14-12-6-10(16(3)8-17(16,18)19)4-5-11(12)15(24)21(20-14)7-13(22)23/h4-6,9H,7-8H2,1-3H3,(H,22,23)/t16-/m0/s1. The number of hydrogen-bond donors (Lipinski definition) is 1. The molecule has 128 valence electrons. The van der Waals surface area contributed by atoms with Gasteiger partial charge in [-0.05, 0) is 30.5 Å². The Bertz CT molecular complexity index is 905. The fourth-order valence-corrected chi connectivity index (χ4v) is 3.03. The van der Waals surface area contributed by atoms with Gasteiger partial charge in [0.15, 0.2) is 0 Å². The molecular weight excluding hydrogens is 318 g/mol. The maximum absolute atomic E-state index is 13.7. The van der Waals surface area contributed by atoms with Gasteiger partial charge in [-0.3, -0.25) is 9.59 Å². The van der Waals surface area contributed by atoms with Crippen LogP contribution in [0.4, 0.5) is 8.78 Å². The molecule has 1 N–H and O–H groups in total. The van der Waals surface area contributed by atoms with Gasteiger partial charge in [0.1, 0.15) is 6.54 Å². The molecule has 1 fully saturated rings. The molecule has 2 aromatic rings. The van der Waals surface area contributed by atoms with E-state index < -0.39 is 29.4 Å². The fraction of sp³-hybridized carbons (Fsp3) is 0.471. The lowest BCUT2D eigenvalue weighted by Gasteiger charge is -2.16. The molecule has 0 spiro atoms. The van der Waals surface area contributed by atoms with Crippen LogP contribution in [-0.4, -0.2) is 26.8 Å². The molecule has 24 heavy (non-hydrogen) atoms. The van der Waals surface area contributed by atoms with Crippen molar-refractivity contribution in [1.82, 2.24) is 9.78 Å². The summed E-state index contributed by atoms with van der Waals surface area (Å²) in [5.41, 5.74) is -0.749. The van der Waals surface area contributed by atoms with E-state index in [-0.39, 0.29) is 12.3 Å². The summed E-state index contributed by atoms with van der Waals surface area (Å²) < 4.78 is 28.2. The lowest BCUT2D eigenvalue weighted by atomic mass is 9.93. The van der Waals surface area contributed by atoms with Crippen molar-refractivity contribution < 1.29 is 18.7 Å². The summed E-state index contributed by atoms with van der Waals surface area (Å²) in [5.74, 6) is -4.00. The Morgan fingerprint density at radius 1 is 1.38 bits per heavy atom. The van der Waals surface area contributed by atoms with Crippen LogP contribution in [0.25, 0.3) is 10.8 Å². The van der Waals surface area contributed by atoms with Crippen molar-refractivity contribution in [3.8, 4) is 0 Å². The number of rotatable bonds is 4. The van der Waals surface area contributed by atoms with E-state index >= 15 is 0 Å². The summed E-state index contributed by atoms with van der Waals surface area (Å²) in [5, 5.41) is 13.9. The Morgan fingerprint density at radius 3 is 2.50 bits per heavy atom. The average Bonchev–Trinajstić information content (AvgIpc) is 3.00. The van der Waals surface area contributed by atoms with Gasteiger partial charge in [-0.2, -0.15) is 5.10 Å². The second-order valence-electron chi connectivity index (χ2n) is 6.87. The van der Waals surface area contributed by atoms with E-state index in [2.05, 4.69) is 5.10 Å². The number of carboxylic acids is 1. The lowest BCUT2D eigenvalue weighted by molar-refractivity contribution is -0.138. The lowest BCUT2D eigenvalue weighted by Crippen LogP contribution is -2.28. The van der Waals surface area contributed by atoms with Crippen LogP contribution in [0.3, 0.4) is 0 Å². The number of alkyl halides is 2. The third kappa shape index (κ3) is 2.39. The van der Waals surface area contributed by atoms with Crippen molar-refractivity contribution in [3.63, 3.8) is 0 Å². The highest BCUT2D eigenvalue weighted by molar-refractivity contribution is 5.85. The van der Waals surface area contributed by atoms with Gasteiger partial charge >= 0.3 is 5.97 Å². The van der Waals surface area contributed by atoms with Crippen molar-refractivity contribution in [1.29, 1.82) is 0 Å². The van der Waals surface area contributed by atoms with Crippen LogP contribution in [0, 0.1) is 0 Å². The minimum Gasteiger partial charge on any atom is -0.480 e. The fourth-order valence-electron chi connectivity index (χ4n) is 3.03. The summed E-state index contributed by atoms with van der Waals surface area (Å²) >= 11 is 0. The molecule has 5 nitrogen and oxygen atoms in total. The van der Waals surface area contributed by atoms with Crippen LogP contribution in [-0.2, 0) is 16.8 Å². The first kappa shape index (κ1) is 16.5. The molecular formula is C17H18F2N2O3. The summed E-state index contributed by atoms with van der Waals surface area (Å²) in [7, 11) is 0. The van der Waals surface area contributed by atoms with Gasteiger partial charge in [0.2, 0.25) is 0 Å². The van der Waals surface area contributed by atoms with Crippen molar-refractivity contribution in [2.45, 2.75) is 51.0 Å². The quantitative estimate of drug-likeness (QED) is 0.932. The maximum Gasteiger partial charge on any atom is 0.325 e.